The fraction of sp³-hybridized carbons (Fsp3) is 0.800. The lowest BCUT2D eigenvalue weighted by Gasteiger charge is -2.48. The first kappa shape index (κ1) is 5.40. The predicted octanol–water partition coefficient (Wildman–Crippen LogP) is 2.75. The minimum absolute atomic E-state index is 0.753. The number of hydrogen-bond donors (Lipinski definition) is 0. The molecule has 0 saturated heterocycles. The lowest BCUT2D eigenvalue weighted by atomic mass is 9.57. The van der Waals surface area contributed by atoms with Crippen LogP contribution in [0.1, 0.15) is 32.1 Å². The molecule has 4 rings (SSSR count). The summed E-state index contributed by atoms with van der Waals surface area (Å²) in [7, 11) is 0. The molecule has 3 unspecified atom stereocenters. The maximum atomic E-state index is 2.53. The van der Waals surface area contributed by atoms with Crippen LogP contribution in [0.4, 0.5) is 0 Å². The average molecular weight is 134 g/mol. The van der Waals surface area contributed by atoms with E-state index in [0.29, 0.717) is 0 Å². The zero-order valence-corrected chi connectivity index (χ0v) is 6.34. The van der Waals surface area contributed by atoms with Crippen LogP contribution >= 0.6 is 0 Å². The Labute approximate surface area is 62.3 Å². The number of allylic oxidation sites excluding steroid dienone is 2. The molecule has 0 heteroatoms. The van der Waals surface area contributed by atoms with Crippen molar-refractivity contribution in [3.8, 4) is 0 Å². The topological polar surface area (TPSA) is 0 Å². The van der Waals surface area contributed by atoms with Gasteiger partial charge in [0.1, 0.15) is 0 Å². The third-order valence-electron chi connectivity index (χ3n) is 4.02. The van der Waals surface area contributed by atoms with Gasteiger partial charge in [0.25, 0.3) is 0 Å². The van der Waals surface area contributed by atoms with Crippen molar-refractivity contribution in [2.75, 3.05) is 0 Å². The summed E-state index contributed by atoms with van der Waals surface area (Å²) in [5.74, 6) is 2.27. The van der Waals surface area contributed by atoms with E-state index in [2.05, 4.69) is 12.2 Å². The van der Waals surface area contributed by atoms with Gasteiger partial charge < -0.3 is 0 Å². The zero-order chi connectivity index (χ0) is 6.60. The van der Waals surface area contributed by atoms with Gasteiger partial charge in [0.05, 0.1) is 0 Å². The van der Waals surface area contributed by atoms with Crippen molar-refractivity contribution in [3.63, 3.8) is 0 Å². The third kappa shape index (κ3) is 0.426. The van der Waals surface area contributed by atoms with Crippen molar-refractivity contribution in [2.45, 2.75) is 32.1 Å². The van der Waals surface area contributed by atoms with E-state index in [4.69, 9.17) is 0 Å². The molecule has 0 nitrogen and oxygen atoms in total. The molecule has 0 N–H and O–H groups in total. The van der Waals surface area contributed by atoms with E-state index in [1.165, 1.54) is 32.1 Å². The lowest BCUT2D eigenvalue weighted by molar-refractivity contribution is 0.0649. The highest BCUT2D eigenvalue weighted by molar-refractivity contribution is 5.19. The van der Waals surface area contributed by atoms with Crippen molar-refractivity contribution in [2.24, 2.45) is 17.3 Å². The van der Waals surface area contributed by atoms with Crippen LogP contribution in [0.15, 0.2) is 12.2 Å². The largest absolute Gasteiger partial charge is 0.0880 e. The molecule has 0 radical (unpaired) electrons. The second kappa shape index (κ2) is 1.49. The molecule has 10 heavy (non-hydrogen) atoms. The van der Waals surface area contributed by atoms with E-state index in [1.807, 2.05) is 0 Å². The maximum Gasteiger partial charge on any atom is -0.00844 e. The van der Waals surface area contributed by atoms with Crippen LogP contribution in [0.5, 0.6) is 0 Å². The Kier molecular flexibility index (Phi) is 0.805. The standard InChI is InChI=1S/C10H14/c1-2-5-10-6-4-8(7-10)9(10)3-1/h2,5,8-9H,1,3-4,6-7H2. The Hall–Kier alpha value is -0.260. The zero-order valence-electron chi connectivity index (χ0n) is 6.34. The first-order valence-corrected chi connectivity index (χ1v) is 4.58. The second-order valence-electron chi connectivity index (χ2n) is 4.32. The molecule has 4 aliphatic rings. The van der Waals surface area contributed by atoms with Crippen LogP contribution in [0.2, 0.25) is 0 Å². The summed E-state index contributed by atoms with van der Waals surface area (Å²) >= 11 is 0. The predicted molar refractivity (Wildman–Crippen MR) is 41.6 cm³/mol. The molecular weight excluding hydrogens is 120 g/mol. The average Bonchev–Trinajstić information content (AvgIpc) is 2.44. The van der Waals surface area contributed by atoms with E-state index in [9.17, 15) is 0 Å². The minimum atomic E-state index is 0.753. The lowest BCUT2D eigenvalue weighted by Crippen LogP contribution is -2.39. The Bertz CT molecular complexity index is 188. The van der Waals surface area contributed by atoms with Gasteiger partial charge in [-0.3, -0.25) is 0 Å². The molecule has 0 heterocycles. The summed E-state index contributed by atoms with van der Waals surface area (Å²) in [6.45, 7) is 0. The minimum Gasteiger partial charge on any atom is -0.0880 e. The summed E-state index contributed by atoms with van der Waals surface area (Å²) in [5, 5.41) is 0. The van der Waals surface area contributed by atoms with E-state index < -0.39 is 0 Å². The monoisotopic (exact) mass is 134 g/mol. The van der Waals surface area contributed by atoms with Crippen molar-refractivity contribution in [1.29, 1.82) is 0 Å². The van der Waals surface area contributed by atoms with Crippen LogP contribution in [0.25, 0.3) is 0 Å². The van der Waals surface area contributed by atoms with Gasteiger partial charge in [-0.05, 0) is 49.4 Å². The number of hydrogen-bond acceptors (Lipinski definition) is 0. The van der Waals surface area contributed by atoms with Gasteiger partial charge in [-0.1, -0.05) is 12.2 Å². The molecule has 3 saturated carbocycles. The van der Waals surface area contributed by atoms with Crippen LogP contribution in [0, 0.1) is 17.3 Å². The van der Waals surface area contributed by atoms with E-state index in [-0.39, 0.29) is 0 Å². The van der Waals surface area contributed by atoms with Gasteiger partial charge in [0, 0.05) is 0 Å². The van der Waals surface area contributed by atoms with Crippen molar-refractivity contribution in [3.05, 3.63) is 12.2 Å². The van der Waals surface area contributed by atoms with Crippen molar-refractivity contribution < 1.29 is 0 Å². The fourth-order valence-electron chi connectivity index (χ4n) is 3.53. The van der Waals surface area contributed by atoms with E-state index >= 15 is 0 Å². The third-order valence-corrected chi connectivity index (χ3v) is 4.02. The highest BCUT2D eigenvalue weighted by Gasteiger charge is 2.57. The summed E-state index contributed by atoms with van der Waals surface area (Å²) in [5.41, 5.74) is 0.753. The molecule has 4 aliphatic carbocycles. The molecule has 0 aromatic carbocycles. The molecule has 0 aliphatic heterocycles. The molecular formula is C10H14. The van der Waals surface area contributed by atoms with Gasteiger partial charge in [0.15, 0.2) is 0 Å². The van der Waals surface area contributed by atoms with Crippen LogP contribution < -0.4 is 0 Å². The van der Waals surface area contributed by atoms with Crippen molar-refractivity contribution >= 4 is 0 Å². The second-order valence-corrected chi connectivity index (χ2v) is 4.32. The Morgan fingerprint density at radius 1 is 1.30 bits per heavy atom. The summed E-state index contributed by atoms with van der Waals surface area (Å²) in [6, 6.07) is 0. The highest BCUT2D eigenvalue weighted by Crippen LogP contribution is 2.66. The van der Waals surface area contributed by atoms with Crippen LogP contribution in [-0.4, -0.2) is 0 Å². The van der Waals surface area contributed by atoms with E-state index in [0.717, 1.165) is 17.3 Å². The van der Waals surface area contributed by atoms with Crippen molar-refractivity contribution in [1.82, 2.24) is 0 Å². The molecule has 2 bridgehead atoms. The maximum absolute atomic E-state index is 2.53. The first-order chi connectivity index (χ1) is 4.91. The van der Waals surface area contributed by atoms with Gasteiger partial charge in [-0.25, -0.2) is 0 Å². The van der Waals surface area contributed by atoms with Gasteiger partial charge >= 0.3 is 0 Å². The molecule has 54 valence electrons. The SMILES string of the molecule is C1=CC23CCC(C2)C3CC1. The molecule has 0 aromatic rings. The summed E-state index contributed by atoms with van der Waals surface area (Å²) in [4.78, 5) is 0. The first-order valence-electron chi connectivity index (χ1n) is 4.58. The molecule has 3 atom stereocenters. The molecule has 1 spiro atoms. The van der Waals surface area contributed by atoms with Crippen LogP contribution in [0.3, 0.4) is 0 Å². The number of fused-ring (bicyclic) bond motifs is 1. The van der Waals surface area contributed by atoms with Crippen LogP contribution in [-0.2, 0) is 0 Å². The quantitative estimate of drug-likeness (QED) is 0.447. The molecule has 0 aromatic heterocycles. The van der Waals surface area contributed by atoms with E-state index in [1.54, 1.807) is 0 Å². The van der Waals surface area contributed by atoms with Gasteiger partial charge in [0.2, 0.25) is 0 Å². The smallest absolute Gasteiger partial charge is 0.00844 e. The Balaban J connectivity index is 2.02. The normalized spacial score (nSPS) is 56.0. The Morgan fingerprint density at radius 3 is 3.10 bits per heavy atom. The highest BCUT2D eigenvalue weighted by atomic mass is 14.6. The summed E-state index contributed by atoms with van der Waals surface area (Å²) in [6.07, 6.45) is 12.4. The van der Waals surface area contributed by atoms with Gasteiger partial charge in [-0.2, -0.15) is 0 Å². The molecule has 3 fully saturated rings. The fourth-order valence-corrected chi connectivity index (χ4v) is 3.53. The van der Waals surface area contributed by atoms with Gasteiger partial charge in [-0.15, -0.1) is 0 Å². The summed E-state index contributed by atoms with van der Waals surface area (Å²) < 4.78 is 0. The Morgan fingerprint density at radius 2 is 2.30 bits per heavy atom. The number of rotatable bonds is 0. The molecule has 0 amide bonds.